The van der Waals surface area contributed by atoms with Gasteiger partial charge in [0, 0.05) is 22.0 Å². The van der Waals surface area contributed by atoms with Gasteiger partial charge in [0.2, 0.25) is 0 Å². The van der Waals surface area contributed by atoms with Gasteiger partial charge in [-0.1, -0.05) is 54.6 Å². The number of aromatic hydroxyl groups is 1. The van der Waals surface area contributed by atoms with Crippen molar-refractivity contribution >= 4 is 22.4 Å². The number of rotatable bonds is 4. The van der Waals surface area contributed by atoms with Crippen LogP contribution in [0.4, 0.5) is 5.69 Å². The lowest BCUT2D eigenvalue weighted by Crippen LogP contribution is -2.14. The Hall–Kier alpha value is -3.86. The molecule has 5 heteroatoms. The van der Waals surface area contributed by atoms with Crippen molar-refractivity contribution in [2.75, 3.05) is 12.4 Å². The van der Waals surface area contributed by atoms with E-state index in [2.05, 4.69) is 10.3 Å². The summed E-state index contributed by atoms with van der Waals surface area (Å²) >= 11 is 0. The highest BCUT2D eigenvalue weighted by atomic mass is 16.5. The first-order valence-electron chi connectivity index (χ1n) is 8.80. The van der Waals surface area contributed by atoms with Crippen LogP contribution in [-0.2, 0) is 0 Å². The Morgan fingerprint density at radius 1 is 0.893 bits per heavy atom. The number of amides is 1. The molecule has 0 unspecified atom stereocenters. The van der Waals surface area contributed by atoms with Crippen molar-refractivity contribution in [3.05, 3.63) is 84.6 Å². The van der Waals surface area contributed by atoms with Crippen molar-refractivity contribution < 1.29 is 14.6 Å². The van der Waals surface area contributed by atoms with Gasteiger partial charge in [-0.3, -0.25) is 4.79 Å². The molecule has 5 nitrogen and oxygen atoms in total. The fourth-order valence-corrected chi connectivity index (χ4v) is 3.09. The molecule has 4 aromatic rings. The van der Waals surface area contributed by atoms with Crippen LogP contribution in [0.25, 0.3) is 22.0 Å². The number of hydrogen-bond donors (Lipinski definition) is 2. The molecule has 0 aliphatic rings. The van der Waals surface area contributed by atoms with Crippen LogP contribution in [0.3, 0.4) is 0 Å². The smallest absolute Gasteiger partial charge is 0.278 e. The van der Waals surface area contributed by atoms with Gasteiger partial charge in [0.25, 0.3) is 5.91 Å². The summed E-state index contributed by atoms with van der Waals surface area (Å²) in [5.74, 6) is 0.0722. The van der Waals surface area contributed by atoms with Gasteiger partial charge in [0.1, 0.15) is 5.75 Å². The summed E-state index contributed by atoms with van der Waals surface area (Å²) in [4.78, 5) is 17.4. The molecular weight excluding hydrogens is 352 g/mol. The average Bonchev–Trinajstić information content (AvgIpc) is 2.75. The SMILES string of the molecule is COc1ccc(NC(=O)c2nc(-c3ccccc3)c3ccccc3c2O)cc1. The van der Waals surface area contributed by atoms with Crippen molar-refractivity contribution in [3.63, 3.8) is 0 Å². The monoisotopic (exact) mass is 370 g/mol. The highest BCUT2D eigenvalue weighted by molar-refractivity contribution is 6.10. The number of carbonyl (C=O) groups is 1. The molecule has 0 fully saturated rings. The van der Waals surface area contributed by atoms with E-state index in [1.165, 1.54) is 0 Å². The lowest BCUT2D eigenvalue weighted by atomic mass is 10.0. The molecule has 0 radical (unpaired) electrons. The maximum Gasteiger partial charge on any atom is 0.278 e. The number of methoxy groups -OCH3 is 1. The Bertz CT molecular complexity index is 1140. The Morgan fingerprint density at radius 3 is 2.21 bits per heavy atom. The molecule has 0 spiro atoms. The van der Waals surface area contributed by atoms with Gasteiger partial charge in [-0.25, -0.2) is 4.98 Å². The van der Waals surface area contributed by atoms with E-state index in [0.29, 0.717) is 22.5 Å². The molecule has 0 atom stereocenters. The second-order valence-electron chi connectivity index (χ2n) is 6.25. The zero-order valence-electron chi connectivity index (χ0n) is 15.2. The number of pyridine rings is 1. The van der Waals surface area contributed by atoms with Crippen molar-refractivity contribution in [2.24, 2.45) is 0 Å². The fraction of sp³-hybridized carbons (Fsp3) is 0.0435. The van der Waals surface area contributed by atoms with Crippen LogP contribution in [0.2, 0.25) is 0 Å². The highest BCUT2D eigenvalue weighted by Gasteiger charge is 2.20. The van der Waals surface area contributed by atoms with E-state index in [0.717, 1.165) is 10.9 Å². The summed E-state index contributed by atoms with van der Waals surface area (Å²) in [5, 5.41) is 14.8. The first-order chi connectivity index (χ1) is 13.7. The molecule has 0 bridgehead atoms. The first-order valence-corrected chi connectivity index (χ1v) is 8.80. The summed E-state index contributed by atoms with van der Waals surface area (Å²) in [5.41, 5.74) is 2.08. The molecule has 3 aromatic carbocycles. The van der Waals surface area contributed by atoms with Gasteiger partial charge in [0.05, 0.1) is 12.8 Å². The van der Waals surface area contributed by atoms with Crippen molar-refractivity contribution in [2.45, 2.75) is 0 Å². The van der Waals surface area contributed by atoms with Crippen LogP contribution in [0.15, 0.2) is 78.9 Å². The van der Waals surface area contributed by atoms with E-state index in [-0.39, 0.29) is 11.4 Å². The molecule has 1 heterocycles. The number of nitrogens with one attached hydrogen (secondary N) is 1. The van der Waals surface area contributed by atoms with Gasteiger partial charge in [-0.05, 0) is 24.3 Å². The molecule has 28 heavy (non-hydrogen) atoms. The van der Waals surface area contributed by atoms with Crippen molar-refractivity contribution in [3.8, 4) is 22.8 Å². The largest absolute Gasteiger partial charge is 0.505 e. The van der Waals surface area contributed by atoms with Gasteiger partial charge < -0.3 is 15.2 Å². The van der Waals surface area contributed by atoms with Crippen LogP contribution in [0, 0.1) is 0 Å². The molecule has 0 saturated carbocycles. The number of fused-ring (bicyclic) bond motifs is 1. The Kier molecular flexibility index (Phi) is 4.64. The molecule has 2 N–H and O–H groups in total. The van der Waals surface area contributed by atoms with Crippen LogP contribution in [0.1, 0.15) is 10.5 Å². The number of ether oxygens (including phenoxy) is 1. The maximum atomic E-state index is 12.9. The lowest BCUT2D eigenvalue weighted by Gasteiger charge is -2.13. The minimum atomic E-state index is -0.481. The van der Waals surface area contributed by atoms with E-state index in [1.54, 1.807) is 37.4 Å². The number of nitrogens with zero attached hydrogens (tertiary/aromatic N) is 1. The summed E-state index contributed by atoms with van der Waals surface area (Å²) < 4.78 is 5.13. The zero-order valence-corrected chi connectivity index (χ0v) is 15.2. The number of benzene rings is 3. The minimum Gasteiger partial charge on any atom is -0.505 e. The molecular formula is C23H18N2O3. The molecule has 4 rings (SSSR count). The maximum absolute atomic E-state index is 12.9. The van der Waals surface area contributed by atoms with Gasteiger partial charge in [-0.2, -0.15) is 0 Å². The van der Waals surface area contributed by atoms with Gasteiger partial charge in [-0.15, -0.1) is 0 Å². The number of hydrogen-bond acceptors (Lipinski definition) is 4. The van der Waals surface area contributed by atoms with E-state index in [1.807, 2.05) is 48.5 Å². The van der Waals surface area contributed by atoms with Crippen molar-refractivity contribution in [1.82, 2.24) is 4.98 Å². The van der Waals surface area contributed by atoms with Gasteiger partial charge in [0.15, 0.2) is 11.4 Å². The standard InChI is InChI=1S/C23H18N2O3/c1-28-17-13-11-16(12-14-17)24-23(27)21-22(26)19-10-6-5-9-18(19)20(25-21)15-7-3-2-4-8-15/h2-14,26H,1H3,(H,24,27). The molecule has 1 amide bonds. The molecule has 0 aliphatic carbocycles. The Morgan fingerprint density at radius 2 is 1.54 bits per heavy atom. The summed E-state index contributed by atoms with van der Waals surface area (Å²) in [6.07, 6.45) is 0. The normalized spacial score (nSPS) is 10.6. The van der Waals surface area contributed by atoms with Crippen molar-refractivity contribution in [1.29, 1.82) is 0 Å². The Balaban J connectivity index is 1.80. The fourth-order valence-electron chi connectivity index (χ4n) is 3.09. The Labute approximate surface area is 162 Å². The quantitative estimate of drug-likeness (QED) is 0.538. The number of carbonyl (C=O) groups excluding carboxylic acids is 1. The molecule has 0 saturated heterocycles. The molecule has 1 aromatic heterocycles. The second kappa shape index (κ2) is 7.40. The summed E-state index contributed by atoms with van der Waals surface area (Å²) in [6, 6.07) is 23.9. The zero-order chi connectivity index (χ0) is 19.5. The average molecular weight is 370 g/mol. The third-order valence-corrected chi connectivity index (χ3v) is 4.50. The topological polar surface area (TPSA) is 71.5 Å². The third kappa shape index (κ3) is 3.25. The predicted octanol–water partition coefficient (Wildman–Crippen LogP) is 4.87. The molecule has 138 valence electrons. The minimum absolute atomic E-state index is 0.0200. The van der Waals surface area contributed by atoms with Crippen LogP contribution in [-0.4, -0.2) is 23.1 Å². The van der Waals surface area contributed by atoms with Gasteiger partial charge >= 0.3 is 0 Å². The second-order valence-corrected chi connectivity index (χ2v) is 6.25. The predicted molar refractivity (Wildman–Crippen MR) is 110 cm³/mol. The highest BCUT2D eigenvalue weighted by Crippen LogP contribution is 2.34. The lowest BCUT2D eigenvalue weighted by molar-refractivity contribution is 0.102. The summed E-state index contributed by atoms with van der Waals surface area (Å²) in [6.45, 7) is 0. The first kappa shape index (κ1) is 17.5. The third-order valence-electron chi connectivity index (χ3n) is 4.50. The van der Waals surface area contributed by atoms with E-state index in [4.69, 9.17) is 4.74 Å². The van der Waals surface area contributed by atoms with Crippen LogP contribution < -0.4 is 10.1 Å². The summed E-state index contributed by atoms with van der Waals surface area (Å²) in [7, 11) is 1.58. The van der Waals surface area contributed by atoms with E-state index in [9.17, 15) is 9.90 Å². The van der Waals surface area contributed by atoms with Crippen LogP contribution >= 0.6 is 0 Å². The van der Waals surface area contributed by atoms with E-state index < -0.39 is 5.91 Å². The number of aromatic nitrogens is 1. The van der Waals surface area contributed by atoms with Crippen LogP contribution in [0.5, 0.6) is 11.5 Å². The van der Waals surface area contributed by atoms with E-state index >= 15 is 0 Å². The molecule has 0 aliphatic heterocycles. The number of anilines is 1.